The summed E-state index contributed by atoms with van der Waals surface area (Å²) in [6.45, 7) is 15.7. The van der Waals surface area contributed by atoms with Crippen LogP contribution in [-0.4, -0.2) is 97.3 Å². The molecule has 57 heavy (non-hydrogen) atoms. The Morgan fingerprint density at radius 3 is 2.56 bits per heavy atom. The lowest BCUT2D eigenvalue weighted by Crippen LogP contribution is -2.53. The minimum Gasteiger partial charge on any atom is -0.494 e. The zero-order chi connectivity index (χ0) is 41.3. The SMILES string of the molecule is C=C(/C=C(/O[C@@H]1CC(C(N)=O)N(C(=O)[C@H](CCCCC/C=C\C2CC2C(=O)NSN2CCOCC2)NC(=O)OCCCCC)C1)c1ccc(C)c(Br)c1C)OCC. The molecule has 4 N–H and O–H groups in total. The van der Waals surface area contributed by atoms with E-state index in [0.717, 1.165) is 79.2 Å². The van der Waals surface area contributed by atoms with Gasteiger partial charge in [0.15, 0.2) is 0 Å². The minimum atomic E-state index is -0.925. The Balaban J connectivity index is 1.35. The Kier molecular flexibility index (Phi) is 19.3. The standard InChI is InChI=1S/C42H62BrN5O8S/c1-6-8-14-21-55-42(52)45-35(16-13-11-9-10-12-15-31-25-34(31)40(50)46-57-47-19-22-53-23-20-47)41(51)48-27-32(26-36(48)39(44)49)56-37(24-29(4)54-7-2)33-18-17-28(3)38(43)30(33)5/h12,15,17-18,24,31-32,34-36H,4,6-11,13-14,16,19-23,25-27H2,1-3,5H3,(H2,44,49)(H,45,52)(H,46,50)/b15-12-,37-24+/t31?,32-,34?,35+,36?/m1/s1. The first kappa shape index (κ1) is 46.2. The number of morpholine rings is 1. The van der Waals surface area contributed by atoms with Gasteiger partial charge in [-0.15, -0.1) is 0 Å². The molecule has 0 aromatic heterocycles. The Morgan fingerprint density at radius 1 is 1.07 bits per heavy atom. The number of rotatable bonds is 23. The van der Waals surface area contributed by atoms with E-state index in [4.69, 9.17) is 24.7 Å². The molecule has 15 heteroatoms. The van der Waals surface area contributed by atoms with Crippen molar-refractivity contribution in [3.63, 3.8) is 0 Å². The first-order valence-electron chi connectivity index (χ1n) is 20.4. The number of aryl methyl sites for hydroxylation is 1. The van der Waals surface area contributed by atoms with Crippen LogP contribution in [0.5, 0.6) is 0 Å². The van der Waals surface area contributed by atoms with Crippen molar-refractivity contribution in [2.24, 2.45) is 17.6 Å². The van der Waals surface area contributed by atoms with Crippen molar-refractivity contribution in [3.8, 4) is 0 Å². The molecule has 5 atom stereocenters. The van der Waals surface area contributed by atoms with E-state index < -0.39 is 36.1 Å². The van der Waals surface area contributed by atoms with Crippen LogP contribution in [0.15, 0.2) is 47.2 Å². The largest absolute Gasteiger partial charge is 0.494 e. The van der Waals surface area contributed by atoms with Crippen LogP contribution in [-0.2, 0) is 33.3 Å². The molecule has 2 aliphatic heterocycles. The van der Waals surface area contributed by atoms with Crippen LogP contribution in [0.1, 0.15) is 94.7 Å². The van der Waals surface area contributed by atoms with Crippen molar-refractivity contribution in [3.05, 3.63) is 63.9 Å². The molecule has 3 unspecified atom stereocenters. The van der Waals surface area contributed by atoms with Crippen LogP contribution < -0.4 is 15.8 Å². The third-order valence-corrected chi connectivity index (χ3v) is 12.5. The van der Waals surface area contributed by atoms with E-state index >= 15 is 0 Å². The number of allylic oxidation sites excluding steroid dienone is 3. The van der Waals surface area contributed by atoms with Crippen LogP contribution in [0.4, 0.5) is 4.79 Å². The van der Waals surface area contributed by atoms with E-state index in [0.29, 0.717) is 44.2 Å². The second-order valence-electron chi connectivity index (χ2n) is 14.9. The Morgan fingerprint density at radius 2 is 1.84 bits per heavy atom. The van der Waals surface area contributed by atoms with E-state index in [1.54, 1.807) is 6.08 Å². The van der Waals surface area contributed by atoms with E-state index in [2.05, 4.69) is 55.9 Å². The summed E-state index contributed by atoms with van der Waals surface area (Å²) >= 11 is 5.05. The van der Waals surface area contributed by atoms with Gasteiger partial charge < -0.3 is 34.9 Å². The van der Waals surface area contributed by atoms with Crippen LogP contribution in [0.25, 0.3) is 5.76 Å². The molecule has 2 saturated heterocycles. The minimum absolute atomic E-state index is 0.0141. The fraction of sp³-hybridized carbons (Fsp3) is 0.619. The van der Waals surface area contributed by atoms with E-state index in [1.807, 2.05) is 32.9 Å². The Labute approximate surface area is 351 Å². The highest BCUT2D eigenvalue weighted by molar-refractivity contribution is 9.10. The molecule has 13 nitrogen and oxygen atoms in total. The first-order valence-corrected chi connectivity index (χ1v) is 21.9. The third kappa shape index (κ3) is 14.7. The number of hydrogen-bond donors (Lipinski definition) is 3. The number of carbonyl (C=O) groups is 4. The molecule has 2 heterocycles. The average Bonchev–Trinajstić information content (AvgIpc) is 3.85. The molecular formula is C42H62BrN5O8S. The maximum absolute atomic E-state index is 14.2. The summed E-state index contributed by atoms with van der Waals surface area (Å²) < 4.78 is 29.0. The summed E-state index contributed by atoms with van der Waals surface area (Å²) in [7, 11) is 0. The lowest BCUT2D eigenvalue weighted by atomic mass is 10.0. The number of ether oxygens (including phenoxy) is 4. The van der Waals surface area contributed by atoms with Crippen LogP contribution in [0.2, 0.25) is 0 Å². The van der Waals surface area contributed by atoms with Gasteiger partial charge in [0, 0.05) is 53.7 Å². The molecule has 0 spiro atoms. The van der Waals surface area contributed by atoms with Crippen molar-refractivity contribution in [2.45, 2.75) is 110 Å². The normalized spacial score (nSPS) is 21.6. The van der Waals surface area contributed by atoms with Gasteiger partial charge >= 0.3 is 6.09 Å². The number of hydrogen-bond acceptors (Lipinski definition) is 10. The molecule has 1 aromatic rings. The molecule has 4 rings (SSSR count). The Hall–Kier alpha value is -3.53. The molecule has 1 aliphatic carbocycles. The van der Waals surface area contributed by atoms with Gasteiger partial charge in [-0.2, -0.15) is 0 Å². The van der Waals surface area contributed by atoms with Crippen molar-refractivity contribution in [1.29, 1.82) is 0 Å². The van der Waals surface area contributed by atoms with Crippen molar-refractivity contribution >= 4 is 57.6 Å². The fourth-order valence-electron chi connectivity index (χ4n) is 6.98. The molecule has 3 aliphatic rings. The van der Waals surface area contributed by atoms with Gasteiger partial charge in [0.05, 0.1) is 33.0 Å². The van der Waals surface area contributed by atoms with Gasteiger partial charge in [0.1, 0.15) is 29.7 Å². The van der Waals surface area contributed by atoms with Gasteiger partial charge in [0.2, 0.25) is 17.7 Å². The summed E-state index contributed by atoms with van der Waals surface area (Å²) in [6, 6.07) is 2.10. The summed E-state index contributed by atoms with van der Waals surface area (Å²) in [4.78, 5) is 53.9. The highest BCUT2D eigenvalue weighted by atomic mass is 79.9. The molecule has 1 saturated carbocycles. The Bertz CT molecular complexity index is 1600. The molecule has 316 valence electrons. The zero-order valence-corrected chi connectivity index (χ0v) is 36.4. The van der Waals surface area contributed by atoms with Gasteiger partial charge in [0.25, 0.3) is 0 Å². The number of carbonyl (C=O) groups excluding carboxylic acids is 4. The summed E-state index contributed by atoms with van der Waals surface area (Å²) in [5, 5.41) is 2.79. The van der Waals surface area contributed by atoms with E-state index in [-0.39, 0.29) is 37.3 Å². The maximum Gasteiger partial charge on any atom is 0.407 e. The molecule has 1 aromatic carbocycles. The topological polar surface area (TPSA) is 162 Å². The number of amides is 4. The molecular weight excluding hydrogens is 814 g/mol. The number of nitrogens with two attached hydrogens (primary N) is 1. The van der Waals surface area contributed by atoms with Gasteiger partial charge in [-0.1, -0.05) is 79.4 Å². The quantitative estimate of drug-likeness (QED) is 0.0348. The average molecular weight is 877 g/mol. The number of halogens is 1. The predicted molar refractivity (Wildman–Crippen MR) is 226 cm³/mol. The van der Waals surface area contributed by atoms with Crippen molar-refractivity contribution in [2.75, 3.05) is 46.1 Å². The van der Waals surface area contributed by atoms with Crippen LogP contribution in [0, 0.1) is 25.7 Å². The second-order valence-corrected chi connectivity index (χ2v) is 16.6. The number of benzene rings is 1. The highest BCUT2D eigenvalue weighted by Crippen LogP contribution is 2.40. The highest BCUT2D eigenvalue weighted by Gasteiger charge is 2.43. The van der Waals surface area contributed by atoms with Gasteiger partial charge in [-0.3, -0.25) is 19.1 Å². The van der Waals surface area contributed by atoms with E-state index in [1.165, 1.54) is 17.0 Å². The zero-order valence-electron chi connectivity index (χ0n) is 34.0. The molecule has 3 fully saturated rings. The van der Waals surface area contributed by atoms with Gasteiger partial charge in [-0.25, -0.2) is 9.10 Å². The number of primary amides is 1. The third-order valence-electron chi connectivity index (χ3n) is 10.4. The monoisotopic (exact) mass is 875 g/mol. The van der Waals surface area contributed by atoms with E-state index in [9.17, 15) is 19.2 Å². The van der Waals surface area contributed by atoms with Gasteiger partial charge in [-0.05, 0) is 69.9 Å². The molecule has 0 bridgehead atoms. The van der Waals surface area contributed by atoms with Crippen molar-refractivity contribution in [1.82, 2.24) is 19.2 Å². The smallest absolute Gasteiger partial charge is 0.407 e. The fourth-order valence-corrected chi connectivity index (χ4v) is 8.03. The number of nitrogens with zero attached hydrogens (tertiary/aromatic N) is 2. The van der Waals surface area contributed by atoms with Crippen molar-refractivity contribution < 1.29 is 38.1 Å². The lowest BCUT2D eigenvalue weighted by Gasteiger charge is -2.27. The number of likely N-dealkylation sites (tertiary alicyclic amines) is 1. The number of alkyl carbamates (subject to hydrolysis) is 1. The summed E-state index contributed by atoms with van der Waals surface area (Å²) in [5.41, 5.74) is 8.72. The first-order chi connectivity index (χ1) is 27.4. The molecule has 4 amide bonds. The second kappa shape index (κ2) is 23.8. The lowest BCUT2D eigenvalue weighted by molar-refractivity contribution is -0.139. The van der Waals surface area contributed by atoms with Crippen LogP contribution in [0.3, 0.4) is 0 Å². The summed E-state index contributed by atoms with van der Waals surface area (Å²) in [6.07, 6.45) is 12.0. The van der Waals surface area contributed by atoms with Crippen LogP contribution >= 0.6 is 28.1 Å². The molecule has 0 radical (unpaired) electrons. The predicted octanol–water partition coefficient (Wildman–Crippen LogP) is 6.87. The number of unbranched alkanes of at least 4 members (excludes halogenated alkanes) is 5. The number of nitrogens with one attached hydrogen (secondary N) is 2. The summed E-state index contributed by atoms with van der Waals surface area (Å²) in [5.74, 6) is 0.204. The maximum atomic E-state index is 14.2.